The smallest absolute Gasteiger partial charge is 0.292 e. The Morgan fingerprint density at radius 3 is 2.68 bits per heavy atom. The summed E-state index contributed by atoms with van der Waals surface area (Å²) in [5.74, 6) is 0.354. The molecule has 1 aliphatic carbocycles. The van der Waals surface area contributed by atoms with Gasteiger partial charge in [-0.3, -0.25) is 14.1 Å². The Balaban J connectivity index is 1.92. The van der Waals surface area contributed by atoms with Gasteiger partial charge in [0.1, 0.15) is 5.52 Å². The van der Waals surface area contributed by atoms with Gasteiger partial charge in [0.2, 0.25) is 0 Å². The van der Waals surface area contributed by atoms with Gasteiger partial charge in [0, 0.05) is 31.1 Å². The molecule has 2 heterocycles. The number of aromatic nitrogens is 2. The molecule has 2 aliphatic rings. The summed E-state index contributed by atoms with van der Waals surface area (Å²) in [7, 11) is 1.68. The molecular weight excluding hydrogens is 353 g/mol. The Bertz CT molecular complexity index is 1050. The molecule has 0 N–H and O–H groups in total. The third-order valence-corrected chi connectivity index (χ3v) is 6.82. The number of allylic oxidation sites excluding steroid dienone is 2. The van der Waals surface area contributed by atoms with Crippen molar-refractivity contribution in [3.05, 3.63) is 39.7 Å². The fourth-order valence-electron chi connectivity index (χ4n) is 4.73. The number of halogens is 1. The zero-order chi connectivity index (χ0) is 20.2. The van der Waals surface area contributed by atoms with Gasteiger partial charge in [-0.1, -0.05) is 20.8 Å². The van der Waals surface area contributed by atoms with Crippen LogP contribution >= 0.6 is 0 Å². The van der Waals surface area contributed by atoms with E-state index in [1.54, 1.807) is 11.6 Å². The van der Waals surface area contributed by atoms with Crippen LogP contribution in [0.4, 0.5) is 4.39 Å². The lowest BCUT2D eigenvalue weighted by molar-refractivity contribution is 0.445. The molecule has 1 fully saturated rings. The predicted octanol–water partition coefficient (Wildman–Crippen LogP) is 5.15. The van der Waals surface area contributed by atoms with Crippen LogP contribution in [0, 0.1) is 23.1 Å². The van der Waals surface area contributed by atoms with Crippen molar-refractivity contribution < 1.29 is 4.39 Å². The van der Waals surface area contributed by atoms with Gasteiger partial charge in [-0.15, -0.1) is 0 Å². The van der Waals surface area contributed by atoms with Crippen LogP contribution in [0.25, 0.3) is 16.6 Å². The molecule has 0 bridgehead atoms. The summed E-state index contributed by atoms with van der Waals surface area (Å²) in [5.41, 5.74) is 3.59. The minimum Gasteiger partial charge on any atom is -0.292 e. The van der Waals surface area contributed by atoms with E-state index >= 15 is 4.39 Å². The zero-order valence-electron chi connectivity index (χ0n) is 17.6. The van der Waals surface area contributed by atoms with Crippen LogP contribution in [0.5, 0.6) is 0 Å². The Hall–Kier alpha value is -2.17. The van der Waals surface area contributed by atoms with E-state index in [4.69, 9.17) is 0 Å². The number of aliphatic imine (C=N–C) groups is 1. The first-order valence-corrected chi connectivity index (χ1v) is 10.4. The highest BCUT2D eigenvalue weighted by Crippen LogP contribution is 2.47. The van der Waals surface area contributed by atoms with Crippen molar-refractivity contribution in [3.8, 4) is 0 Å². The van der Waals surface area contributed by atoms with E-state index in [1.165, 1.54) is 4.57 Å². The Labute approximate surface area is 165 Å². The number of nitrogens with zero attached hydrogens (tertiary/aromatic N) is 3. The number of hydrogen-bond acceptors (Lipinski definition) is 2. The highest BCUT2D eigenvalue weighted by Gasteiger charge is 2.39. The van der Waals surface area contributed by atoms with E-state index < -0.39 is 0 Å². The second kappa shape index (κ2) is 6.71. The summed E-state index contributed by atoms with van der Waals surface area (Å²) in [5, 5.41) is 0. The molecule has 2 atom stereocenters. The van der Waals surface area contributed by atoms with Crippen molar-refractivity contribution in [2.75, 3.05) is 0 Å². The number of hydrogen-bond donors (Lipinski definition) is 0. The minimum atomic E-state index is -0.297. The molecule has 5 heteroatoms. The molecule has 4 nitrogen and oxygen atoms in total. The van der Waals surface area contributed by atoms with Gasteiger partial charge in [-0.2, -0.15) is 0 Å². The van der Waals surface area contributed by atoms with Crippen LogP contribution in [0.3, 0.4) is 0 Å². The van der Waals surface area contributed by atoms with Crippen molar-refractivity contribution in [2.45, 2.75) is 59.9 Å². The number of imidazole rings is 1. The SMILES string of the molecule is CCC1C(c2ccc3c(c2F)n(C)c(=O)n3CC2(C)CC2)=C(C)N=CCC1C. The number of benzene rings is 1. The van der Waals surface area contributed by atoms with Crippen molar-refractivity contribution in [3.63, 3.8) is 0 Å². The van der Waals surface area contributed by atoms with Crippen LogP contribution in [0.15, 0.2) is 27.6 Å². The minimum absolute atomic E-state index is 0.135. The van der Waals surface area contributed by atoms with Crippen LogP contribution in [-0.4, -0.2) is 15.3 Å². The summed E-state index contributed by atoms with van der Waals surface area (Å²) in [6.07, 6.45) is 6.03. The second-order valence-corrected chi connectivity index (χ2v) is 9.07. The summed E-state index contributed by atoms with van der Waals surface area (Å²) in [4.78, 5) is 17.4. The fraction of sp³-hybridized carbons (Fsp3) is 0.565. The number of rotatable bonds is 4. The van der Waals surface area contributed by atoms with Crippen molar-refractivity contribution in [1.82, 2.24) is 9.13 Å². The predicted molar refractivity (Wildman–Crippen MR) is 113 cm³/mol. The molecule has 28 heavy (non-hydrogen) atoms. The first kappa shape index (κ1) is 19.2. The molecular formula is C23H30FN3O. The maximum Gasteiger partial charge on any atom is 0.328 e. The maximum absolute atomic E-state index is 15.8. The largest absolute Gasteiger partial charge is 0.328 e. The highest BCUT2D eigenvalue weighted by atomic mass is 19.1. The molecule has 2 aromatic rings. The Morgan fingerprint density at radius 1 is 1.32 bits per heavy atom. The van der Waals surface area contributed by atoms with Crippen LogP contribution in [-0.2, 0) is 13.6 Å². The molecule has 1 aliphatic heterocycles. The van der Waals surface area contributed by atoms with Gasteiger partial charge in [-0.05, 0) is 67.6 Å². The third-order valence-electron chi connectivity index (χ3n) is 6.82. The molecule has 1 aromatic carbocycles. The normalized spacial score (nSPS) is 24.1. The van der Waals surface area contributed by atoms with E-state index in [1.807, 2.05) is 25.3 Å². The Morgan fingerprint density at radius 2 is 2.04 bits per heavy atom. The van der Waals surface area contributed by atoms with E-state index in [9.17, 15) is 4.79 Å². The average Bonchev–Trinajstić information content (AvgIpc) is 3.36. The van der Waals surface area contributed by atoms with Crippen molar-refractivity contribution in [2.24, 2.45) is 29.3 Å². The third kappa shape index (κ3) is 2.96. The van der Waals surface area contributed by atoms with E-state index in [0.717, 1.165) is 37.0 Å². The summed E-state index contributed by atoms with van der Waals surface area (Å²) in [6.45, 7) is 9.17. The van der Waals surface area contributed by atoms with Crippen molar-refractivity contribution in [1.29, 1.82) is 0 Å². The molecule has 150 valence electrons. The maximum atomic E-state index is 15.8. The highest BCUT2D eigenvalue weighted by molar-refractivity contribution is 5.84. The van der Waals surface area contributed by atoms with Crippen LogP contribution in [0.2, 0.25) is 0 Å². The standard InChI is InChI=1S/C23H30FN3O/c1-6-16-14(2)9-12-25-15(3)19(16)17-7-8-18-21(20(17)24)26(5)22(28)27(18)13-23(4)10-11-23/h7-8,12,14,16H,6,9-11,13H2,1-5H3. The zero-order valence-corrected chi connectivity index (χ0v) is 17.6. The molecule has 0 saturated heterocycles. The van der Waals surface area contributed by atoms with Crippen molar-refractivity contribution >= 4 is 22.8 Å². The lowest BCUT2D eigenvalue weighted by atomic mass is 9.80. The van der Waals surface area contributed by atoms with Gasteiger partial charge in [0.15, 0.2) is 5.82 Å². The second-order valence-electron chi connectivity index (χ2n) is 9.07. The number of aryl methyl sites for hydroxylation is 1. The lowest BCUT2D eigenvalue weighted by Crippen LogP contribution is -2.25. The van der Waals surface area contributed by atoms with Gasteiger partial charge in [0.05, 0.1) is 5.52 Å². The molecule has 2 unspecified atom stereocenters. The van der Waals surface area contributed by atoms with E-state index in [2.05, 4.69) is 25.8 Å². The van der Waals surface area contributed by atoms with E-state index in [0.29, 0.717) is 29.1 Å². The van der Waals surface area contributed by atoms with Crippen LogP contribution < -0.4 is 5.69 Å². The lowest BCUT2D eigenvalue weighted by Gasteiger charge is -2.25. The Kier molecular flexibility index (Phi) is 4.59. The first-order chi connectivity index (χ1) is 13.3. The molecule has 1 aromatic heterocycles. The quantitative estimate of drug-likeness (QED) is 0.720. The summed E-state index contributed by atoms with van der Waals surface area (Å²) in [6, 6.07) is 3.78. The number of fused-ring (bicyclic) bond motifs is 1. The summed E-state index contributed by atoms with van der Waals surface area (Å²) >= 11 is 0. The van der Waals surface area contributed by atoms with E-state index in [-0.39, 0.29) is 22.8 Å². The monoisotopic (exact) mass is 383 g/mol. The molecule has 0 spiro atoms. The van der Waals surface area contributed by atoms with Crippen LogP contribution in [0.1, 0.15) is 58.9 Å². The molecule has 1 saturated carbocycles. The first-order valence-electron chi connectivity index (χ1n) is 10.4. The molecule has 4 rings (SSSR count). The van der Waals surface area contributed by atoms with Gasteiger partial charge in [-0.25, -0.2) is 9.18 Å². The average molecular weight is 384 g/mol. The summed E-state index contributed by atoms with van der Waals surface area (Å²) < 4.78 is 19.1. The fourth-order valence-corrected chi connectivity index (χ4v) is 4.73. The molecule has 0 radical (unpaired) electrons. The van der Waals surface area contributed by atoms with Gasteiger partial charge < -0.3 is 0 Å². The topological polar surface area (TPSA) is 39.3 Å². The van der Waals surface area contributed by atoms with Gasteiger partial charge >= 0.3 is 5.69 Å². The molecule has 0 amide bonds. The van der Waals surface area contributed by atoms with Gasteiger partial charge in [0.25, 0.3) is 0 Å².